The highest BCUT2D eigenvalue weighted by Crippen LogP contribution is 2.29. The molecular formula is C16H20N4O2S. The largest absolute Gasteiger partial charge is 0.351 e. The highest BCUT2D eigenvalue weighted by atomic mass is 32.2. The van der Waals surface area contributed by atoms with Crippen molar-refractivity contribution >= 4 is 23.7 Å². The summed E-state index contributed by atoms with van der Waals surface area (Å²) in [6.45, 7) is 5.97. The number of imide groups is 1. The summed E-state index contributed by atoms with van der Waals surface area (Å²) in [4.78, 5) is 26.9. The van der Waals surface area contributed by atoms with E-state index in [1.165, 1.54) is 17.3 Å². The number of amides is 3. The van der Waals surface area contributed by atoms with Gasteiger partial charge in [0.25, 0.3) is 0 Å². The van der Waals surface area contributed by atoms with Crippen LogP contribution in [0.5, 0.6) is 0 Å². The maximum absolute atomic E-state index is 11.8. The molecule has 0 bridgehead atoms. The molecule has 2 aromatic rings. The molecule has 1 aromatic heterocycles. The highest BCUT2D eigenvalue weighted by Gasteiger charge is 2.19. The predicted octanol–water partition coefficient (Wildman–Crippen LogP) is 2.67. The Kier molecular flexibility index (Phi) is 5.44. The molecule has 1 heterocycles. The second-order valence-electron chi connectivity index (χ2n) is 5.41. The van der Waals surface area contributed by atoms with Crippen molar-refractivity contribution in [2.45, 2.75) is 37.1 Å². The number of primary amides is 1. The van der Waals surface area contributed by atoms with Gasteiger partial charge in [0.2, 0.25) is 5.91 Å². The number of imidazole rings is 1. The number of benzene rings is 1. The Morgan fingerprint density at radius 2 is 1.96 bits per heavy atom. The Morgan fingerprint density at radius 1 is 1.26 bits per heavy atom. The standard InChI is InChI=1S/C16H20N4O2S/c1-10(2)12-6-4-5-7-13(12)20-9-8-18-16(20)23-11(3)14(21)19-15(17)22/h4-11H,1-3H3,(H3,17,19,21,22). The fraction of sp³-hybridized carbons (Fsp3) is 0.312. The summed E-state index contributed by atoms with van der Waals surface area (Å²) in [5.41, 5.74) is 7.21. The van der Waals surface area contributed by atoms with Crippen LogP contribution in [0, 0.1) is 0 Å². The van der Waals surface area contributed by atoms with Crippen LogP contribution in [0.25, 0.3) is 5.69 Å². The van der Waals surface area contributed by atoms with Crippen LogP contribution in [0.3, 0.4) is 0 Å². The van der Waals surface area contributed by atoms with Gasteiger partial charge in [-0.3, -0.25) is 14.7 Å². The molecule has 0 radical (unpaired) electrons. The van der Waals surface area contributed by atoms with Crippen LogP contribution in [0.1, 0.15) is 32.3 Å². The van der Waals surface area contributed by atoms with E-state index in [-0.39, 0.29) is 0 Å². The molecule has 0 fully saturated rings. The number of urea groups is 1. The Morgan fingerprint density at radius 3 is 2.61 bits per heavy atom. The van der Waals surface area contributed by atoms with Gasteiger partial charge >= 0.3 is 6.03 Å². The van der Waals surface area contributed by atoms with Gasteiger partial charge in [-0.05, 0) is 24.5 Å². The lowest BCUT2D eigenvalue weighted by Gasteiger charge is -2.16. The molecule has 1 unspecified atom stereocenters. The Labute approximate surface area is 139 Å². The van der Waals surface area contributed by atoms with Crippen molar-refractivity contribution in [2.24, 2.45) is 5.73 Å². The summed E-state index contributed by atoms with van der Waals surface area (Å²) in [6, 6.07) is 7.23. The molecule has 1 atom stereocenters. The van der Waals surface area contributed by atoms with Gasteiger partial charge in [0.1, 0.15) is 0 Å². The van der Waals surface area contributed by atoms with E-state index in [0.717, 1.165) is 5.69 Å². The van der Waals surface area contributed by atoms with Crippen molar-refractivity contribution in [3.63, 3.8) is 0 Å². The fourth-order valence-corrected chi connectivity index (χ4v) is 3.07. The third-order valence-electron chi connectivity index (χ3n) is 3.32. The topological polar surface area (TPSA) is 90.0 Å². The van der Waals surface area contributed by atoms with E-state index < -0.39 is 17.2 Å². The number of aromatic nitrogens is 2. The number of para-hydroxylation sites is 1. The Bertz CT molecular complexity index is 712. The summed E-state index contributed by atoms with van der Waals surface area (Å²) in [6.07, 6.45) is 3.56. The number of hydrogen-bond donors (Lipinski definition) is 2. The Hall–Kier alpha value is -2.28. The average Bonchev–Trinajstić information content (AvgIpc) is 2.94. The zero-order chi connectivity index (χ0) is 17.0. The van der Waals surface area contributed by atoms with Gasteiger partial charge in [0.15, 0.2) is 5.16 Å². The predicted molar refractivity (Wildman–Crippen MR) is 90.7 cm³/mol. The molecule has 122 valence electrons. The number of rotatable bonds is 5. The molecule has 7 heteroatoms. The lowest BCUT2D eigenvalue weighted by molar-refractivity contribution is -0.119. The first kappa shape index (κ1) is 17.1. The monoisotopic (exact) mass is 332 g/mol. The van der Waals surface area contributed by atoms with Crippen molar-refractivity contribution in [3.8, 4) is 5.69 Å². The second kappa shape index (κ2) is 7.32. The van der Waals surface area contributed by atoms with Gasteiger partial charge in [-0.15, -0.1) is 0 Å². The minimum Gasteiger partial charge on any atom is -0.351 e. The van der Waals surface area contributed by atoms with Crippen LogP contribution in [-0.2, 0) is 4.79 Å². The van der Waals surface area contributed by atoms with Gasteiger partial charge in [0.05, 0.1) is 10.9 Å². The van der Waals surface area contributed by atoms with E-state index in [4.69, 9.17) is 5.73 Å². The number of hydrogen-bond acceptors (Lipinski definition) is 4. The lowest BCUT2D eigenvalue weighted by Crippen LogP contribution is -2.39. The first-order valence-electron chi connectivity index (χ1n) is 7.29. The van der Waals surface area contributed by atoms with Gasteiger partial charge in [-0.1, -0.05) is 43.8 Å². The van der Waals surface area contributed by atoms with Crippen molar-refractivity contribution < 1.29 is 9.59 Å². The quantitative estimate of drug-likeness (QED) is 0.824. The molecule has 0 spiro atoms. The molecule has 0 aliphatic carbocycles. The van der Waals surface area contributed by atoms with Crippen molar-refractivity contribution in [1.29, 1.82) is 0 Å². The van der Waals surface area contributed by atoms with E-state index in [1.807, 2.05) is 29.0 Å². The summed E-state index contributed by atoms with van der Waals surface area (Å²) in [7, 11) is 0. The molecule has 6 nitrogen and oxygen atoms in total. The summed E-state index contributed by atoms with van der Waals surface area (Å²) >= 11 is 1.27. The SMILES string of the molecule is CC(Sc1nccn1-c1ccccc1C(C)C)C(=O)NC(N)=O. The van der Waals surface area contributed by atoms with Gasteiger partial charge < -0.3 is 5.73 Å². The molecule has 3 N–H and O–H groups in total. The summed E-state index contributed by atoms with van der Waals surface area (Å²) in [5, 5.41) is 2.28. The number of carbonyl (C=O) groups excluding carboxylic acids is 2. The smallest absolute Gasteiger partial charge is 0.318 e. The first-order chi connectivity index (χ1) is 10.9. The normalized spacial score (nSPS) is 12.2. The van der Waals surface area contributed by atoms with Crippen molar-refractivity contribution in [1.82, 2.24) is 14.9 Å². The van der Waals surface area contributed by atoms with Crippen LogP contribution in [-0.4, -0.2) is 26.7 Å². The molecule has 1 aromatic carbocycles. The molecule has 0 aliphatic rings. The molecule has 0 saturated carbocycles. The van der Waals surface area contributed by atoms with Gasteiger partial charge in [-0.2, -0.15) is 0 Å². The summed E-state index contributed by atoms with van der Waals surface area (Å²) < 4.78 is 1.95. The maximum Gasteiger partial charge on any atom is 0.318 e. The van der Waals surface area contributed by atoms with Crippen molar-refractivity contribution in [3.05, 3.63) is 42.2 Å². The molecular weight excluding hydrogens is 312 g/mol. The molecule has 3 amide bonds. The Balaban J connectivity index is 2.27. The zero-order valence-corrected chi connectivity index (χ0v) is 14.1. The molecule has 23 heavy (non-hydrogen) atoms. The average molecular weight is 332 g/mol. The minimum atomic E-state index is -0.851. The number of carbonyl (C=O) groups is 2. The third kappa shape index (κ3) is 4.13. The summed E-state index contributed by atoms with van der Waals surface area (Å²) in [5.74, 6) is -0.0729. The van der Waals surface area contributed by atoms with E-state index >= 15 is 0 Å². The third-order valence-corrected chi connectivity index (χ3v) is 4.40. The number of nitrogens with two attached hydrogens (primary N) is 1. The van der Waals surface area contributed by atoms with Crippen LogP contribution in [0.15, 0.2) is 41.8 Å². The van der Waals surface area contributed by atoms with E-state index in [9.17, 15) is 9.59 Å². The van der Waals surface area contributed by atoms with Crippen LogP contribution in [0.4, 0.5) is 4.79 Å². The van der Waals surface area contributed by atoms with Crippen LogP contribution < -0.4 is 11.1 Å². The lowest BCUT2D eigenvalue weighted by atomic mass is 10.0. The minimum absolute atomic E-state index is 0.363. The maximum atomic E-state index is 11.8. The number of nitrogens with one attached hydrogen (secondary N) is 1. The zero-order valence-electron chi connectivity index (χ0n) is 13.3. The van der Waals surface area contributed by atoms with Crippen LogP contribution >= 0.6 is 11.8 Å². The molecule has 2 rings (SSSR count). The highest BCUT2D eigenvalue weighted by molar-refractivity contribution is 8.00. The van der Waals surface area contributed by atoms with E-state index in [2.05, 4.69) is 30.2 Å². The van der Waals surface area contributed by atoms with E-state index in [1.54, 1.807) is 13.1 Å². The van der Waals surface area contributed by atoms with Crippen molar-refractivity contribution in [2.75, 3.05) is 0 Å². The van der Waals surface area contributed by atoms with Gasteiger partial charge in [0, 0.05) is 12.4 Å². The van der Waals surface area contributed by atoms with Gasteiger partial charge in [-0.25, -0.2) is 9.78 Å². The number of nitrogens with zero attached hydrogens (tertiary/aromatic N) is 2. The second-order valence-corrected chi connectivity index (χ2v) is 6.71. The molecule has 0 aliphatic heterocycles. The first-order valence-corrected chi connectivity index (χ1v) is 8.17. The number of thioether (sulfide) groups is 1. The molecule has 0 saturated heterocycles. The van der Waals surface area contributed by atoms with E-state index in [0.29, 0.717) is 11.1 Å². The van der Waals surface area contributed by atoms with Crippen LogP contribution in [0.2, 0.25) is 0 Å². The fourth-order valence-electron chi connectivity index (χ4n) is 2.19.